The van der Waals surface area contributed by atoms with Gasteiger partial charge in [0.2, 0.25) is 0 Å². The smallest absolute Gasteiger partial charge is 0.264 e. The van der Waals surface area contributed by atoms with Gasteiger partial charge in [0, 0.05) is 5.92 Å². The fourth-order valence-corrected chi connectivity index (χ4v) is 1.87. The van der Waals surface area contributed by atoms with Crippen molar-refractivity contribution in [2.24, 2.45) is 5.92 Å². The molecule has 0 amide bonds. The molecule has 0 heterocycles. The first-order valence-electron chi connectivity index (χ1n) is 5.82. The minimum absolute atomic E-state index is 0.702. The summed E-state index contributed by atoms with van der Waals surface area (Å²) in [6, 6.07) is 0. The zero-order chi connectivity index (χ0) is 19.4. The predicted octanol–water partition coefficient (Wildman–Crippen LogP) is 3.39. The Bertz CT molecular complexity index is 583. The number of hydrogen-bond donors (Lipinski definition) is 1. The van der Waals surface area contributed by atoms with Gasteiger partial charge < -0.3 is 0 Å². The Morgan fingerprint density at radius 1 is 0.833 bits per heavy atom. The SMILES string of the molecule is O=S(=O)(O)OCC(F)(F)C(F)(F)C(F)(F)C(F)(F)C(F)(F)C1CC1. The van der Waals surface area contributed by atoms with Gasteiger partial charge >= 0.3 is 40.0 Å². The summed E-state index contributed by atoms with van der Waals surface area (Å²) in [7, 11) is -5.82. The van der Waals surface area contributed by atoms with E-state index in [2.05, 4.69) is 4.18 Å². The fraction of sp³-hybridized carbons (Fsp3) is 1.00. The molecule has 1 rings (SSSR count). The summed E-state index contributed by atoms with van der Waals surface area (Å²) < 4.78 is 163. The van der Waals surface area contributed by atoms with Crippen LogP contribution in [0.4, 0.5) is 43.9 Å². The highest BCUT2D eigenvalue weighted by Crippen LogP contribution is 2.61. The van der Waals surface area contributed by atoms with Gasteiger partial charge in [0.05, 0.1) is 0 Å². The lowest BCUT2D eigenvalue weighted by Crippen LogP contribution is -2.68. The highest BCUT2D eigenvalue weighted by Gasteiger charge is 2.87. The molecule has 0 radical (unpaired) electrons. The average Bonchev–Trinajstić information content (AvgIpc) is 3.19. The Kier molecular flexibility index (Phi) is 4.94. The van der Waals surface area contributed by atoms with Gasteiger partial charge in [0.25, 0.3) is 0 Å². The van der Waals surface area contributed by atoms with Gasteiger partial charge in [-0.2, -0.15) is 52.3 Å². The number of alkyl halides is 10. The molecular weight excluding hydrogens is 394 g/mol. The van der Waals surface area contributed by atoms with Gasteiger partial charge in [-0.15, -0.1) is 0 Å². The second-order valence-electron chi connectivity index (χ2n) is 5.01. The molecule has 0 aliphatic heterocycles. The van der Waals surface area contributed by atoms with Crippen LogP contribution < -0.4 is 0 Å². The largest absolute Gasteiger partial charge is 0.397 e. The van der Waals surface area contributed by atoms with Gasteiger partial charge in [-0.05, 0) is 12.8 Å². The van der Waals surface area contributed by atoms with Crippen molar-refractivity contribution in [3.05, 3.63) is 0 Å². The Labute approximate surface area is 127 Å². The normalized spacial score (nSPS) is 18.8. The lowest BCUT2D eigenvalue weighted by Gasteiger charge is -2.39. The fourth-order valence-electron chi connectivity index (χ4n) is 1.58. The van der Waals surface area contributed by atoms with Crippen LogP contribution >= 0.6 is 0 Å². The van der Waals surface area contributed by atoms with E-state index < -0.39 is 65.4 Å². The van der Waals surface area contributed by atoms with Gasteiger partial charge in [0.1, 0.15) is 6.61 Å². The molecule has 24 heavy (non-hydrogen) atoms. The highest BCUT2D eigenvalue weighted by molar-refractivity contribution is 7.80. The summed E-state index contributed by atoms with van der Waals surface area (Å²) in [5.41, 5.74) is 0. The molecule has 1 saturated carbocycles. The van der Waals surface area contributed by atoms with E-state index in [9.17, 15) is 52.3 Å². The van der Waals surface area contributed by atoms with Crippen LogP contribution in [-0.4, -0.2) is 49.2 Å². The molecule has 15 heteroatoms. The molecule has 0 aromatic heterocycles. The van der Waals surface area contributed by atoms with E-state index in [0.717, 1.165) is 0 Å². The minimum Gasteiger partial charge on any atom is -0.264 e. The molecule has 0 atom stereocenters. The van der Waals surface area contributed by atoms with Crippen molar-refractivity contribution < 1.29 is 61.1 Å². The first kappa shape index (κ1) is 21.2. The van der Waals surface area contributed by atoms with Crippen LogP contribution in [0.15, 0.2) is 0 Å². The lowest BCUT2D eigenvalue weighted by atomic mass is 9.92. The summed E-state index contributed by atoms with van der Waals surface area (Å²) in [5, 5.41) is 0. The second-order valence-corrected chi connectivity index (χ2v) is 6.11. The molecule has 0 bridgehead atoms. The molecule has 144 valence electrons. The molecular formula is C9H8F10O4S. The van der Waals surface area contributed by atoms with Gasteiger partial charge in [-0.3, -0.25) is 4.55 Å². The zero-order valence-electron chi connectivity index (χ0n) is 11.1. The molecule has 1 fully saturated rings. The maximum Gasteiger partial charge on any atom is 0.397 e. The van der Waals surface area contributed by atoms with Crippen molar-refractivity contribution in [3.8, 4) is 0 Å². The van der Waals surface area contributed by atoms with Gasteiger partial charge in [-0.1, -0.05) is 0 Å². The third-order valence-electron chi connectivity index (χ3n) is 3.15. The standard InChI is InChI=1S/C9H8F10O4S/c10-5(11,3-23-24(20,21)22)7(14,15)9(18,19)8(16,17)6(12,13)4-1-2-4/h4H,1-3H2,(H,20,21,22). The first-order chi connectivity index (χ1) is 10.3. The number of halogens is 10. The van der Waals surface area contributed by atoms with Crippen molar-refractivity contribution >= 4 is 10.4 Å². The van der Waals surface area contributed by atoms with Crippen LogP contribution in [0.5, 0.6) is 0 Å². The monoisotopic (exact) mass is 402 g/mol. The minimum atomic E-state index is -7.27. The molecule has 0 saturated heterocycles. The van der Waals surface area contributed by atoms with Crippen LogP contribution in [0.3, 0.4) is 0 Å². The summed E-state index contributed by atoms with van der Waals surface area (Å²) in [6.07, 6.45) is -1.40. The Balaban J connectivity index is 3.21. The van der Waals surface area contributed by atoms with E-state index >= 15 is 0 Å². The molecule has 1 aliphatic rings. The van der Waals surface area contributed by atoms with E-state index in [4.69, 9.17) is 4.55 Å². The van der Waals surface area contributed by atoms with E-state index in [1.165, 1.54) is 0 Å². The van der Waals surface area contributed by atoms with E-state index in [1.54, 1.807) is 0 Å². The second kappa shape index (κ2) is 5.59. The van der Waals surface area contributed by atoms with E-state index in [0.29, 0.717) is 0 Å². The van der Waals surface area contributed by atoms with E-state index in [1.807, 2.05) is 0 Å². The molecule has 1 N–H and O–H groups in total. The Morgan fingerprint density at radius 2 is 1.25 bits per heavy atom. The van der Waals surface area contributed by atoms with Crippen molar-refractivity contribution in [3.63, 3.8) is 0 Å². The quantitative estimate of drug-likeness (QED) is 0.500. The Morgan fingerprint density at radius 3 is 1.58 bits per heavy atom. The third-order valence-corrected chi connectivity index (χ3v) is 3.56. The molecule has 0 aromatic rings. The number of rotatable bonds is 8. The van der Waals surface area contributed by atoms with Crippen molar-refractivity contribution in [2.75, 3.05) is 6.61 Å². The van der Waals surface area contributed by atoms with Crippen LogP contribution in [0.25, 0.3) is 0 Å². The van der Waals surface area contributed by atoms with Crippen LogP contribution in [-0.2, 0) is 14.6 Å². The van der Waals surface area contributed by atoms with Gasteiger partial charge in [0.15, 0.2) is 0 Å². The predicted molar refractivity (Wildman–Crippen MR) is 55.0 cm³/mol. The molecule has 1 aliphatic carbocycles. The molecule has 0 aromatic carbocycles. The van der Waals surface area contributed by atoms with Crippen LogP contribution in [0.2, 0.25) is 0 Å². The summed E-state index contributed by atoms with van der Waals surface area (Å²) >= 11 is 0. The lowest BCUT2D eigenvalue weighted by molar-refractivity contribution is -0.405. The van der Waals surface area contributed by atoms with Crippen LogP contribution in [0.1, 0.15) is 12.8 Å². The summed E-state index contributed by atoms with van der Waals surface area (Å²) in [5.74, 6) is -35.7. The Hall–Kier alpha value is -0.830. The molecule has 4 nitrogen and oxygen atoms in total. The number of hydrogen-bond acceptors (Lipinski definition) is 3. The van der Waals surface area contributed by atoms with Crippen LogP contribution in [0, 0.1) is 5.92 Å². The molecule has 0 spiro atoms. The van der Waals surface area contributed by atoms with Crippen molar-refractivity contribution in [1.82, 2.24) is 0 Å². The molecule has 0 unspecified atom stereocenters. The highest BCUT2D eigenvalue weighted by atomic mass is 32.3. The maximum absolute atomic E-state index is 13.3. The zero-order valence-corrected chi connectivity index (χ0v) is 11.9. The first-order valence-corrected chi connectivity index (χ1v) is 7.18. The summed E-state index contributed by atoms with van der Waals surface area (Å²) in [4.78, 5) is 0. The van der Waals surface area contributed by atoms with E-state index in [-0.39, 0.29) is 0 Å². The average molecular weight is 402 g/mol. The third kappa shape index (κ3) is 3.29. The van der Waals surface area contributed by atoms with Gasteiger partial charge in [-0.25, -0.2) is 4.18 Å². The summed E-state index contributed by atoms with van der Waals surface area (Å²) in [6.45, 7) is -3.18. The topological polar surface area (TPSA) is 63.6 Å². The maximum atomic E-state index is 13.3. The van der Waals surface area contributed by atoms with Crippen molar-refractivity contribution in [2.45, 2.75) is 42.5 Å². The van der Waals surface area contributed by atoms with Crippen molar-refractivity contribution in [1.29, 1.82) is 0 Å².